The molecule has 0 heterocycles. The Morgan fingerprint density at radius 3 is 2.38 bits per heavy atom. The molecule has 0 radical (unpaired) electrons. The third-order valence-corrected chi connectivity index (χ3v) is 2.72. The van der Waals surface area contributed by atoms with Crippen LogP contribution in [0.1, 0.15) is 0 Å². The molecule has 0 N–H and O–H groups in total. The first-order chi connectivity index (χ1) is 7.21. The highest BCUT2D eigenvalue weighted by atomic mass is 32.2. The fourth-order valence-electron chi connectivity index (χ4n) is 0.835. The second kappa shape index (κ2) is 4.38. The Hall–Kier alpha value is -1.15. The van der Waals surface area contributed by atoms with Crippen molar-refractivity contribution in [3.05, 3.63) is 30.1 Å². The summed E-state index contributed by atoms with van der Waals surface area (Å²) < 4.78 is 73.8. The third kappa shape index (κ3) is 3.78. The van der Waals surface area contributed by atoms with Gasteiger partial charge in [0.1, 0.15) is 5.82 Å². The molecular formula is C8H6F4O3S. The number of benzene rings is 1. The first-order valence-corrected chi connectivity index (χ1v) is 5.33. The minimum Gasteiger partial charge on any atom is -0.257 e. The number of alkyl halides is 3. The van der Waals surface area contributed by atoms with Gasteiger partial charge in [-0.15, -0.1) is 0 Å². The lowest BCUT2D eigenvalue weighted by atomic mass is 10.4. The lowest BCUT2D eigenvalue weighted by molar-refractivity contribution is -0.152. The Bertz CT molecular complexity index is 466. The van der Waals surface area contributed by atoms with Crippen molar-refractivity contribution in [1.82, 2.24) is 0 Å². The van der Waals surface area contributed by atoms with E-state index in [0.717, 1.165) is 18.2 Å². The zero-order chi connectivity index (χ0) is 12.4. The smallest absolute Gasteiger partial charge is 0.257 e. The number of hydrogen-bond donors (Lipinski definition) is 0. The minimum atomic E-state index is -4.76. The molecule has 0 spiro atoms. The van der Waals surface area contributed by atoms with Gasteiger partial charge in [0.25, 0.3) is 10.1 Å². The van der Waals surface area contributed by atoms with Crippen LogP contribution in [0.15, 0.2) is 29.2 Å². The molecule has 16 heavy (non-hydrogen) atoms. The Balaban J connectivity index is 2.87. The molecule has 0 aromatic heterocycles. The lowest BCUT2D eigenvalue weighted by Crippen LogP contribution is -2.20. The largest absolute Gasteiger partial charge is 0.413 e. The highest BCUT2D eigenvalue weighted by Gasteiger charge is 2.31. The second-order valence-electron chi connectivity index (χ2n) is 2.79. The van der Waals surface area contributed by atoms with Gasteiger partial charge in [-0.3, -0.25) is 4.18 Å². The lowest BCUT2D eigenvalue weighted by Gasteiger charge is -2.07. The summed E-state index contributed by atoms with van der Waals surface area (Å²) in [6.45, 7) is -1.94. The molecule has 1 aromatic carbocycles. The average molecular weight is 258 g/mol. The maximum Gasteiger partial charge on any atom is 0.413 e. The summed E-state index contributed by atoms with van der Waals surface area (Å²) >= 11 is 0. The normalized spacial score (nSPS) is 12.8. The molecule has 0 amide bonds. The van der Waals surface area contributed by atoms with Gasteiger partial charge >= 0.3 is 6.18 Å². The summed E-state index contributed by atoms with van der Waals surface area (Å²) in [6.07, 6.45) is -4.76. The van der Waals surface area contributed by atoms with E-state index >= 15 is 0 Å². The van der Waals surface area contributed by atoms with Gasteiger partial charge in [0.05, 0.1) is 4.90 Å². The molecule has 0 aliphatic carbocycles. The van der Waals surface area contributed by atoms with Gasteiger partial charge in [-0.25, -0.2) is 4.39 Å². The van der Waals surface area contributed by atoms with Crippen molar-refractivity contribution >= 4 is 10.1 Å². The Morgan fingerprint density at radius 1 is 1.25 bits per heavy atom. The highest BCUT2D eigenvalue weighted by molar-refractivity contribution is 7.86. The molecule has 0 aliphatic heterocycles. The van der Waals surface area contributed by atoms with E-state index in [1.807, 2.05) is 0 Å². The Labute approximate surface area is 88.8 Å². The first kappa shape index (κ1) is 12.9. The molecule has 8 heteroatoms. The topological polar surface area (TPSA) is 43.4 Å². The molecule has 0 saturated carbocycles. The average Bonchev–Trinajstić information content (AvgIpc) is 2.14. The Morgan fingerprint density at radius 2 is 1.88 bits per heavy atom. The van der Waals surface area contributed by atoms with Crippen LogP contribution in [-0.2, 0) is 14.3 Å². The zero-order valence-electron chi connectivity index (χ0n) is 7.66. The zero-order valence-corrected chi connectivity index (χ0v) is 8.48. The van der Waals surface area contributed by atoms with E-state index in [9.17, 15) is 26.0 Å². The molecule has 0 unspecified atom stereocenters. The van der Waals surface area contributed by atoms with Crippen LogP contribution in [0.3, 0.4) is 0 Å². The van der Waals surface area contributed by atoms with Gasteiger partial charge in [-0.2, -0.15) is 21.6 Å². The summed E-state index contributed by atoms with van der Waals surface area (Å²) in [6, 6.07) is 3.53. The number of halogens is 4. The Kier molecular flexibility index (Phi) is 3.54. The molecule has 3 nitrogen and oxygen atoms in total. The fraction of sp³-hybridized carbons (Fsp3) is 0.250. The summed E-state index contributed by atoms with van der Waals surface area (Å²) in [4.78, 5) is -0.656. The standard InChI is InChI=1S/C8H6F4O3S/c9-6-2-1-3-7(4-6)16(13,14)15-5-8(10,11)12/h1-4H,5H2. The molecule has 0 bridgehead atoms. The van der Waals surface area contributed by atoms with Crippen molar-refractivity contribution in [2.45, 2.75) is 11.1 Å². The molecule has 0 atom stereocenters. The van der Waals surface area contributed by atoms with Crippen molar-refractivity contribution in [1.29, 1.82) is 0 Å². The van der Waals surface area contributed by atoms with Crippen LogP contribution in [0.4, 0.5) is 17.6 Å². The van der Waals surface area contributed by atoms with Crippen molar-refractivity contribution in [2.24, 2.45) is 0 Å². The molecule has 0 aliphatic rings. The summed E-state index contributed by atoms with van der Waals surface area (Å²) in [7, 11) is -4.58. The maximum absolute atomic E-state index is 12.6. The molecule has 0 fully saturated rings. The fourth-order valence-corrected chi connectivity index (χ4v) is 1.76. The molecule has 0 saturated heterocycles. The summed E-state index contributed by atoms with van der Waals surface area (Å²) in [5.74, 6) is -0.878. The van der Waals surface area contributed by atoms with Crippen LogP contribution in [-0.4, -0.2) is 21.2 Å². The predicted octanol–water partition coefficient (Wildman–Crippen LogP) is 2.09. The van der Waals surface area contributed by atoms with E-state index in [4.69, 9.17) is 0 Å². The van der Waals surface area contributed by atoms with Gasteiger partial charge in [0.15, 0.2) is 6.61 Å². The van der Waals surface area contributed by atoms with Crippen molar-refractivity contribution in [3.63, 3.8) is 0 Å². The van der Waals surface area contributed by atoms with Crippen LogP contribution in [0, 0.1) is 5.82 Å². The highest BCUT2D eigenvalue weighted by Crippen LogP contribution is 2.19. The molecular weight excluding hydrogens is 252 g/mol. The summed E-state index contributed by atoms with van der Waals surface area (Å²) in [5, 5.41) is 0. The molecule has 1 rings (SSSR count). The van der Waals surface area contributed by atoms with Crippen LogP contribution in [0.2, 0.25) is 0 Å². The number of hydrogen-bond acceptors (Lipinski definition) is 3. The van der Waals surface area contributed by atoms with E-state index in [1.54, 1.807) is 0 Å². The van der Waals surface area contributed by atoms with Gasteiger partial charge in [-0.05, 0) is 18.2 Å². The van der Waals surface area contributed by atoms with Crippen LogP contribution >= 0.6 is 0 Å². The molecule has 90 valence electrons. The van der Waals surface area contributed by atoms with Crippen LogP contribution in [0.5, 0.6) is 0 Å². The number of rotatable bonds is 3. The maximum atomic E-state index is 12.6. The monoisotopic (exact) mass is 258 g/mol. The van der Waals surface area contributed by atoms with Crippen LogP contribution in [0.25, 0.3) is 0 Å². The van der Waals surface area contributed by atoms with Gasteiger partial charge in [0.2, 0.25) is 0 Å². The minimum absolute atomic E-state index is 0.575. The van der Waals surface area contributed by atoms with E-state index < -0.39 is 33.6 Å². The second-order valence-corrected chi connectivity index (χ2v) is 4.40. The first-order valence-electron chi connectivity index (χ1n) is 3.92. The van der Waals surface area contributed by atoms with E-state index in [2.05, 4.69) is 4.18 Å². The van der Waals surface area contributed by atoms with Crippen LogP contribution < -0.4 is 0 Å². The van der Waals surface area contributed by atoms with Gasteiger partial charge < -0.3 is 0 Å². The van der Waals surface area contributed by atoms with Gasteiger partial charge in [0, 0.05) is 0 Å². The van der Waals surface area contributed by atoms with Crippen molar-refractivity contribution in [2.75, 3.05) is 6.61 Å². The summed E-state index contributed by atoms with van der Waals surface area (Å²) in [5.41, 5.74) is 0. The van der Waals surface area contributed by atoms with Crippen molar-refractivity contribution in [3.8, 4) is 0 Å². The third-order valence-electron chi connectivity index (χ3n) is 1.46. The van der Waals surface area contributed by atoms with Crippen molar-refractivity contribution < 1.29 is 30.2 Å². The SMILES string of the molecule is O=S(=O)(OCC(F)(F)F)c1cccc(F)c1. The van der Waals surface area contributed by atoms with E-state index in [0.29, 0.717) is 6.07 Å². The van der Waals surface area contributed by atoms with E-state index in [-0.39, 0.29) is 0 Å². The predicted molar refractivity (Wildman–Crippen MR) is 45.6 cm³/mol. The van der Waals surface area contributed by atoms with E-state index in [1.165, 1.54) is 0 Å². The quantitative estimate of drug-likeness (QED) is 0.616. The van der Waals surface area contributed by atoms with Gasteiger partial charge in [-0.1, -0.05) is 6.07 Å². The molecule has 1 aromatic rings.